The number of nitrogens with one attached hydrogen (secondary N) is 2. The van der Waals surface area contributed by atoms with Crippen LogP contribution >= 0.6 is 11.8 Å². The second kappa shape index (κ2) is 9.07. The average Bonchev–Trinajstić information content (AvgIpc) is 3.17. The molecule has 1 saturated heterocycles. The summed E-state index contributed by atoms with van der Waals surface area (Å²) in [6.45, 7) is -0.0378. The maximum absolute atomic E-state index is 12.6. The third kappa shape index (κ3) is 4.78. The molecular weight excluding hydrogens is 350 g/mol. The fourth-order valence-electron chi connectivity index (χ4n) is 3.42. The summed E-state index contributed by atoms with van der Waals surface area (Å²) in [5.74, 6) is 0.465. The number of rotatable bonds is 5. The van der Waals surface area contributed by atoms with Gasteiger partial charge in [0.05, 0.1) is 12.4 Å². The van der Waals surface area contributed by atoms with E-state index >= 15 is 0 Å². The van der Waals surface area contributed by atoms with E-state index in [-0.39, 0.29) is 30.3 Å². The Morgan fingerprint density at radius 1 is 1.08 bits per heavy atom. The Morgan fingerprint density at radius 2 is 1.81 bits per heavy atom. The number of hydrogen-bond donors (Lipinski definition) is 2. The summed E-state index contributed by atoms with van der Waals surface area (Å²) in [4.78, 5) is 38.7. The highest BCUT2D eigenvalue weighted by molar-refractivity contribution is 7.99. The molecule has 1 unspecified atom stereocenters. The first kappa shape index (κ1) is 18.8. The monoisotopic (exact) mass is 375 g/mol. The van der Waals surface area contributed by atoms with Crippen molar-refractivity contribution in [3.05, 3.63) is 35.9 Å². The number of carbonyl (C=O) groups is 3. The normalized spacial score (nSPS) is 20.6. The summed E-state index contributed by atoms with van der Waals surface area (Å²) < 4.78 is 0. The van der Waals surface area contributed by atoms with Gasteiger partial charge in [-0.05, 0) is 25.0 Å². The molecule has 0 bridgehead atoms. The molecule has 2 N–H and O–H groups in total. The van der Waals surface area contributed by atoms with Gasteiger partial charge in [-0.1, -0.05) is 37.5 Å². The molecule has 7 heteroatoms. The number of amides is 3. The van der Waals surface area contributed by atoms with E-state index < -0.39 is 6.04 Å². The summed E-state index contributed by atoms with van der Waals surface area (Å²) in [6.07, 6.45) is 5.55. The summed E-state index contributed by atoms with van der Waals surface area (Å²) in [5, 5.41) is 5.68. The van der Waals surface area contributed by atoms with Crippen molar-refractivity contribution in [2.75, 3.05) is 18.2 Å². The van der Waals surface area contributed by atoms with Crippen LogP contribution in [0.25, 0.3) is 0 Å². The number of nitrogens with zero attached hydrogens (tertiary/aromatic N) is 1. The zero-order valence-corrected chi connectivity index (χ0v) is 15.6. The van der Waals surface area contributed by atoms with Gasteiger partial charge < -0.3 is 15.5 Å². The quantitative estimate of drug-likeness (QED) is 0.822. The van der Waals surface area contributed by atoms with Gasteiger partial charge in [-0.15, -0.1) is 11.8 Å². The van der Waals surface area contributed by atoms with Gasteiger partial charge in [0, 0.05) is 17.4 Å². The molecule has 1 saturated carbocycles. The molecule has 3 rings (SSSR count). The number of thioether (sulfide) groups is 1. The molecule has 1 aliphatic heterocycles. The van der Waals surface area contributed by atoms with Gasteiger partial charge >= 0.3 is 0 Å². The Kier molecular flexibility index (Phi) is 6.55. The van der Waals surface area contributed by atoms with Crippen molar-refractivity contribution in [1.29, 1.82) is 0 Å². The average molecular weight is 375 g/mol. The Balaban J connectivity index is 1.50. The van der Waals surface area contributed by atoms with E-state index in [1.807, 2.05) is 6.07 Å². The lowest BCUT2D eigenvalue weighted by atomic mass is 9.95. The van der Waals surface area contributed by atoms with Gasteiger partial charge in [0.1, 0.15) is 6.04 Å². The molecule has 1 aliphatic carbocycles. The van der Waals surface area contributed by atoms with Crippen molar-refractivity contribution in [3.8, 4) is 0 Å². The van der Waals surface area contributed by atoms with Crippen LogP contribution in [0.15, 0.2) is 30.3 Å². The standard InChI is InChI=1S/C19H25N3O3S/c23-17(21-15-9-5-2-6-10-15)11-20-18(24)16-12-26-13-22(16)19(25)14-7-3-1-4-8-14/h1,3-4,7-8,15-16H,2,5-6,9-13H2,(H,20,24)(H,21,23). The summed E-state index contributed by atoms with van der Waals surface area (Å²) in [5.41, 5.74) is 0.572. The molecule has 1 atom stereocenters. The van der Waals surface area contributed by atoms with Crippen LogP contribution in [0.4, 0.5) is 0 Å². The SMILES string of the molecule is O=C(CNC(=O)C1CSCN1C(=O)c1ccccc1)NC1CCCCC1. The predicted octanol–water partition coefficient (Wildman–Crippen LogP) is 1.77. The highest BCUT2D eigenvalue weighted by atomic mass is 32.2. The third-order valence-corrected chi connectivity index (χ3v) is 5.87. The van der Waals surface area contributed by atoms with Gasteiger partial charge in [-0.25, -0.2) is 0 Å². The molecule has 6 nitrogen and oxygen atoms in total. The molecule has 0 aromatic heterocycles. The number of hydrogen-bond acceptors (Lipinski definition) is 4. The smallest absolute Gasteiger partial charge is 0.255 e. The van der Waals surface area contributed by atoms with Crippen LogP contribution in [0.2, 0.25) is 0 Å². The molecule has 1 aromatic carbocycles. The van der Waals surface area contributed by atoms with Gasteiger partial charge in [-0.2, -0.15) is 0 Å². The topological polar surface area (TPSA) is 78.5 Å². The molecule has 0 radical (unpaired) electrons. The van der Waals surface area contributed by atoms with E-state index in [9.17, 15) is 14.4 Å². The molecule has 140 valence electrons. The van der Waals surface area contributed by atoms with Crippen LogP contribution in [-0.4, -0.2) is 52.9 Å². The Hall–Kier alpha value is -2.02. The second-order valence-electron chi connectivity index (χ2n) is 6.78. The molecule has 2 aliphatic rings. The van der Waals surface area contributed by atoms with Crippen molar-refractivity contribution in [2.45, 2.75) is 44.2 Å². The van der Waals surface area contributed by atoms with Gasteiger partial charge in [0.25, 0.3) is 5.91 Å². The Morgan fingerprint density at radius 3 is 2.54 bits per heavy atom. The maximum Gasteiger partial charge on any atom is 0.255 e. The molecule has 26 heavy (non-hydrogen) atoms. The van der Waals surface area contributed by atoms with Crippen molar-refractivity contribution in [3.63, 3.8) is 0 Å². The Bertz CT molecular complexity index is 647. The molecule has 3 amide bonds. The fourth-order valence-corrected chi connectivity index (χ4v) is 4.57. The van der Waals surface area contributed by atoms with E-state index in [0.29, 0.717) is 17.2 Å². The van der Waals surface area contributed by atoms with Crippen LogP contribution in [0.1, 0.15) is 42.5 Å². The lowest BCUT2D eigenvalue weighted by Gasteiger charge is -2.24. The highest BCUT2D eigenvalue weighted by Gasteiger charge is 2.35. The van der Waals surface area contributed by atoms with Gasteiger partial charge in [0.15, 0.2) is 0 Å². The van der Waals surface area contributed by atoms with Crippen LogP contribution in [-0.2, 0) is 9.59 Å². The maximum atomic E-state index is 12.6. The first-order chi connectivity index (χ1) is 12.6. The minimum absolute atomic E-state index is 0.0378. The molecular formula is C19H25N3O3S. The van der Waals surface area contributed by atoms with Crippen LogP contribution in [0, 0.1) is 0 Å². The third-order valence-electron chi connectivity index (χ3n) is 4.86. The zero-order chi connectivity index (χ0) is 18.4. The second-order valence-corrected chi connectivity index (χ2v) is 7.78. The summed E-state index contributed by atoms with van der Waals surface area (Å²) >= 11 is 1.55. The lowest BCUT2D eigenvalue weighted by Crippen LogP contribution is -2.50. The zero-order valence-electron chi connectivity index (χ0n) is 14.8. The first-order valence-electron chi connectivity index (χ1n) is 9.16. The van der Waals surface area contributed by atoms with Crippen LogP contribution in [0.3, 0.4) is 0 Å². The van der Waals surface area contributed by atoms with Crippen molar-refractivity contribution in [2.24, 2.45) is 0 Å². The molecule has 0 spiro atoms. The largest absolute Gasteiger partial charge is 0.352 e. The van der Waals surface area contributed by atoms with Gasteiger partial charge in [-0.3, -0.25) is 14.4 Å². The van der Waals surface area contributed by atoms with Crippen molar-refractivity contribution >= 4 is 29.5 Å². The van der Waals surface area contributed by atoms with Crippen LogP contribution in [0.5, 0.6) is 0 Å². The van der Waals surface area contributed by atoms with Crippen molar-refractivity contribution < 1.29 is 14.4 Å². The predicted molar refractivity (Wildman–Crippen MR) is 102 cm³/mol. The summed E-state index contributed by atoms with van der Waals surface area (Å²) in [6, 6.07) is 8.66. The summed E-state index contributed by atoms with van der Waals surface area (Å²) in [7, 11) is 0. The van der Waals surface area contributed by atoms with E-state index in [0.717, 1.165) is 25.7 Å². The highest BCUT2D eigenvalue weighted by Crippen LogP contribution is 2.23. The minimum atomic E-state index is -0.532. The molecule has 1 heterocycles. The van der Waals surface area contributed by atoms with Crippen LogP contribution < -0.4 is 10.6 Å². The van der Waals surface area contributed by atoms with Crippen molar-refractivity contribution in [1.82, 2.24) is 15.5 Å². The van der Waals surface area contributed by atoms with E-state index in [1.54, 1.807) is 40.9 Å². The minimum Gasteiger partial charge on any atom is -0.352 e. The Labute approximate surface area is 158 Å². The van der Waals surface area contributed by atoms with Gasteiger partial charge in [0.2, 0.25) is 11.8 Å². The lowest BCUT2D eigenvalue weighted by molar-refractivity contribution is -0.128. The fraction of sp³-hybridized carbons (Fsp3) is 0.526. The van der Waals surface area contributed by atoms with E-state index in [1.165, 1.54) is 6.42 Å². The first-order valence-corrected chi connectivity index (χ1v) is 10.3. The number of benzene rings is 1. The van der Waals surface area contributed by atoms with E-state index in [2.05, 4.69) is 10.6 Å². The molecule has 1 aromatic rings. The molecule has 2 fully saturated rings. The van der Waals surface area contributed by atoms with E-state index in [4.69, 9.17) is 0 Å². The number of carbonyl (C=O) groups excluding carboxylic acids is 3.